The van der Waals surface area contributed by atoms with E-state index in [0.717, 1.165) is 23.7 Å². The highest BCUT2D eigenvalue weighted by Crippen LogP contribution is 2.30. The van der Waals surface area contributed by atoms with E-state index >= 15 is 0 Å². The molecule has 1 N–H and O–H groups in total. The molecule has 0 saturated carbocycles. The summed E-state index contributed by atoms with van der Waals surface area (Å²) in [5, 5.41) is 5.53. The lowest BCUT2D eigenvalue weighted by atomic mass is 10.2. The molecule has 0 saturated heterocycles. The van der Waals surface area contributed by atoms with Crippen LogP contribution in [0.5, 0.6) is 11.5 Å². The maximum absolute atomic E-state index is 5.57. The van der Waals surface area contributed by atoms with Gasteiger partial charge in [0.15, 0.2) is 11.5 Å². The zero-order valence-corrected chi connectivity index (χ0v) is 12.3. The summed E-state index contributed by atoms with van der Waals surface area (Å²) in [6, 6.07) is 8.05. The Morgan fingerprint density at radius 1 is 1.21 bits per heavy atom. The van der Waals surface area contributed by atoms with Crippen LogP contribution < -0.4 is 14.8 Å². The molecule has 4 heteroatoms. The SMILES string of the molecule is CCOc1cc(NCc2sccc2C)ccc1OC. The zero-order chi connectivity index (χ0) is 13.7. The Labute approximate surface area is 118 Å². The average Bonchev–Trinajstić information content (AvgIpc) is 2.82. The highest BCUT2D eigenvalue weighted by Gasteiger charge is 2.06. The van der Waals surface area contributed by atoms with Crippen molar-refractivity contribution in [2.75, 3.05) is 19.0 Å². The second-order valence-corrected chi connectivity index (χ2v) is 5.18. The van der Waals surface area contributed by atoms with E-state index in [-0.39, 0.29) is 0 Å². The predicted molar refractivity (Wildman–Crippen MR) is 80.5 cm³/mol. The number of nitrogens with one attached hydrogen (secondary N) is 1. The molecule has 0 amide bonds. The van der Waals surface area contributed by atoms with Crippen molar-refractivity contribution < 1.29 is 9.47 Å². The van der Waals surface area contributed by atoms with Crippen LogP contribution in [0.3, 0.4) is 0 Å². The van der Waals surface area contributed by atoms with E-state index in [1.54, 1.807) is 18.4 Å². The fraction of sp³-hybridized carbons (Fsp3) is 0.333. The molecule has 0 fully saturated rings. The second kappa shape index (κ2) is 6.48. The van der Waals surface area contributed by atoms with Crippen LogP contribution in [0.15, 0.2) is 29.6 Å². The normalized spacial score (nSPS) is 10.3. The van der Waals surface area contributed by atoms with Crippen LogP contribution in [0, 0.1) is 6.92 Å². The first-order valence-electron chi connectivity index (χ1n) is 6.32. The molecule has 0 unspecified atom stereocenters. The maximum atomic E-state index is 5.57. The molecule has 0 aliphatic rings. The van der Waals surface area contributed by atoms with Crippen LogP contribution in [0.4, 0.5) is 5.69 Å². The van der Waals surface area contributed by atoms with Crippen molar-refractivity contribution in [2.45, 2.75) is 20.4 Å². The summed E-state index contributed by atoms with van der Waals surface area (Å²) in [6.07, 6.45) is 0. The number of thiophene rings is 1. The number of aryl methyl sites for hydroxylation is 1. The molecule has 1 aromatic carbocycles. The van der Waals surface area contributed by atoms with Gasteiger partial charge in [-0.3, -0.25) is 0 Å². The van der Waals surface area contributed by atoms with Gasteiger partial charge in [-0.2, -0.15) is 0 Å². The Bertz CT molecular complexity index is 537. The monoisotopic (exact) mass is 277 g/mol. The van der Waals surface area contributed by atoms with Gasteiger partial charge >= 0.3 is 0 Å². The highest BCUT2D eigenvalue weighted by atomic mass is 32.1. The number of benzene rings is 1. The average molecular weight is 277 g/mol. The number of ether oxygens (including phenoxy) is 2. The van der Waals surface area contributed by atoms with Gasteiger partial charge in [0.05, 0.1) is 13.7 Å². The topological polar surface area (TPSA) is 30.5 Å². The van der Waals surface area contributed by atoms with Gasteiger partial charge in [-0.05, 0) is 43.0 Å². The number of rotatable bonds is 6. The smallest absolute Gasteiger partial charge is 0.163 e. The van der Waals surface area contributed by atoms with Crippen molar-refractivity contribution in [1.29, 1.82) is 0 Å². The summed E-state index contributed by atoms with van der Waals surface area (Å²) in [6.45, 7) is 5.56. The van der Waals surface area contributed by atoms with Crippen molar-refractivity contribution in [3.8, 4) is 11.5 Å². The van der Waals surface area contributed by atoms with E-state index in [9.17, 15) is 0 Å². The molecule has 0 bridgehead atoms. The van der Waals surface area contributed by atoms with E-state index < -0.39 is 0 Å². The summed E-state index contributed by atoms with van der Waals surface area (Å²) < 4.78 is 10.8. The van der Waals surface area contributed by atoms with E-state index in [1.807, 2.05) is 25.1 Å². The van der Waals surface area contributed by atoms with Gasteiger partial charge in [0, 0.05) is 23.2 Å². The standard InChI is InChI=1S/C15H19NO2S/c1-4-18-14-9-12(5-6-13(14)17-3)16-10-15-11(2)7-8-19-15/h5-9,16H,4,10H2,1-3H3. The van der Waals surface area contributed by atoms with E-state index in [1.165, 1.54) is 10.4 Å². The number of hydrogen-bond donors (Lipinski definition) is 1. The molecule has 0 spiro atoms. The summed E-state index contributed by atoms with van der Waals surface area (Å²) in [5.74, 6) is 1.54. The molecule has 19 heavy (non-hydrogen) atoms. The molecule has 2 aromatic rings. The Morgan fingerprint density at radius 3 is 2.68 bits per heavy atom. The third kappa shape index (κ3) is 3.41. The van der Waals surface area contributed by atoms with Crippen LogP contribution >= 0.6 is 11.3 Å². The molecule has 0 aliphatic heterocycles. The third-order valence-corrected chi connectivity index (χ3v) is 3.91. The molecule has 2 rings (SSSR count). The van der Waals surface area contributed by atoms with Gasteiger partial charge in [-0.25, -0.2) is 0 Å². The Hall–Kier alpha value is -1.68. The van der Waals surface area contributed by atoms with Gasteiger partial charge in [-0.1, -0.05) is 0 Å². The summed E-state index contributed by atoms with van der Waals surface area (Å²) >= 11 is 1.77. The number of methoxy groups -OCH3 is 1. The Kier molecular flexibility index (Phi) is 4.68. The molecule has 102 valence electrons. The molecule has 0 aliphatic carbocycles. The van der Waals surface area contributed by atoms with Gasteiger partial charge in [0.25, 0.3) is 0 Å². The van der Waals surface area contributed by atoms with Crippen molar-refractivity contribution in [3.63, 3.8) is 0 Å². The van der Waals surface area contributed by atoms with Crippen LogP contribution in [0.1, 0.15) is 17.4 Å². The zero-order valence-electron chi connectivity index (χ0n) is 11.5. The van der Waals surface area contributed by atoms with Crippen molar-refractivity contribution in [3.05, 3.63) is 40.1 Å². The lowest BCUT2D eigenvalue weighted by Gasteiger charge is -2.12. The highest BCUT2D eigenvalue weighted by molar-refractivity contribution is 7.10. The molecular formula is C15H19NO2S. The fourth-order valence-corrected chi connectivity index (χ4v) is 2.67. The molecule has 1 aromatic heterocycles. The van der Waals surface area contributed by atoms with E-state index in [2.05, 4.69) is 23.7 Å². The van der Waals surface area contributed by atoms with Gasteiger partial charge in [0.2, 0.25) is 0 Å². The van der Waals surface area contributed by atoms with Crippen molar-refractivity contribution >= 4 is 17.0 Å². The predicted octanol–water partition coefficient (Wildman–Crippen LogP) is 4.08. The first-order valence-corrected chi connectivity index (χ1v) is 7.20. The lowest BCUT2D eigenvalue weighted by Crippen LogP contribution is -2.01. The van der Waals surface area contributed by atoms with Crippen molar-refractivity contribution in [2.24, 2.45) is 0 Å². The summed E-state index contributed by atoms with van der Waals surface area (Å²) in [5.41, 5.74) is 2.37. The minimum absolute atomic E-state index is 0.629. The van der Waals surface area contributed by atoms with E-state index in [0.29, 0.717) is 6.61 Å². The molecule has 0 atom stereocenters. The minimum Gasteiger partial charge on any atom is -0.493 e. The molecular weight excluding hydrogens is 258 g/mol. The largest absolute Gasteiger partial charge is 0.493 e. The first kappa shape index (κ1) is 13.7. The summed E-state index contributed by atoms with van der Waals surface area (Å²) in [7, 11) is 1.65. The summed E-state index contributed by atoms with van der Waals surface area (Å²) in [4.78, 5) is 1.36. The Morgan fingerprint density at radius 2 is 2.05 bits per heavy atom. The van der Waals surface area contributed by atoms with Crippen LogP contribution in [-0.2, 0) is 6.54 Å². The van der Waals surface area contributed by atoms with Crippen LogP contribution in [-0.4, -0.2) is 13.7 Å². The van der Waals surface area contributed by atoms with Crippen LogP contribution in [0.2, 0.25) is 0 Å². The van der Waals surface area contributed by atoms with Gasteiger partial charge in [0.1, 0.15) is 0 Å². The van der Waals surface area contributed by atoms with Gasteiger partial charge < -0.3 is 14.8 Å². The first-order chi connectivity index (χ1) is 9.24. The van der Waals surface area contributed by atoms with Gasteiger partial charge in [-0.15, -0.1) is 11.3 Å². The quantitative estimate of drug-likeness (QED) is 0.863. The molecule has 0 radical (unpaired) electrons. The molecule has 1 heterocycles. The third-order valence-electron chi connectivity index (χ3n) is 2.88. The molecule has 3 nitrogen and oxygen atoms in total. The maximum Gasteiger partial charge on any atom is 0.163 e. The fourth-order valence-electron chi connectivity index (χ4n) is 1.82. The Balaban J connectivity index is 2.08. The van der Waals surface area contributed by atoms with E-state index in [4.69, 9.17) is 9.47 Å². The van der Waals surface area contributed by atoms with Crippen LogP contribution in [0.25, 0.3) is 0 Å². The number of anilines is 1. The second-order valence-electron chi connectivity index (χ2n) is 4.18. The van der Waals surface area contributed by atoms with Crippen molar-refractivity contribution in [1.82, 2.24) is 0 Å². The number of hydrogen-bond acceptors (Lipinski definition) is 4. The lowest BCUT2D eigenvalue weighted by molar-refractivity contribution is 0.311. The minimum atomic E-state index is 0.629.